The first-order chi connectivity index (χ1) is 12.2. The van der Waals surface area contributed by atoms with Gasteiger partial charge in [-0.25, -0.2) is 4.98 Å². The van der Waals surface area contributed by atoms with Gasteiger partial charge in [0.25, 0.3) is 0 Å². The van der Waals surface area contributed by atoms with Crippen LogP contribution in [0.2, 0.25) is 10.0 Å². The molecule has 0 atom stereocenters. The molecule has 0 unspecified atom stereocenters. The molecule has 0 saturated carbocycles. The summed E-state index contributed by atoms with van der Waals surface area (Å²) in [5, 5.41) is 16.1. The molecule has 3 aromatic rings. The van der Waals surface area contributed by atoms with Crippen LogP contribution in [-0.4, -0.2) is 28.2 Å². The van der Waals surface area contributed by atoms with Crippen LogP contribution in [0, 0.1) is 0 Å². The van der Waals surface area contributed by atoms with E-state index in [2.05, 4.69) is 20.6 Å². The van der Waals surface area contributed by atoms with Gasteiger partial charge >= 0.3 is 0 Å². The molecule has 0 fully saturated rings. The van der Waals surface area contributed by atoms with Gasteiger partial charge in [0.1, 0.15) is 5.82 Å². The molecular formula is C18H16Cl2N4O. The molecule has 0 aliphatic heterocycles. The topological polar surface area (TPSA) is 70.1 Å². The van der Waals surface area contributed by atoms with Crippen LogP contribution in [-0.2, 0) is 0 Å². The summed E-state index contributed by atoms with van der Waals surface area (Å²) in [6, 6.07) is 16.9. The smallest absolute Gasteiger partial charge is 0.225 e. The molecule has 0 radical (unpaired) electrons. The van der Waals surface area contributed by atoms with E-state index in [0.717, 1.165) is 11.3 Å². The first-order valence-electron chi connectivity index (χ1n) is 7.67. The molecule has 0 amide bonds. The number of halogens is 2. The van der Waals surface area contributed by atoms with Crippen LogP contribution in [0.5, 0.6) is 0 Å². The lowest BCUT2D eigenvalue weighted by Crippen LogP contribution is -2.10. The first kappa shape index (κ1) is 17.5. The maximum Gasteiger partial charge on any atom is 0.225 e. The van der Waals surface area contributed by atoms with E-state index in [-0.39, 0.29) is 6.61 Å². The fourth-order valence-corrected chi connectivity index (χ4v) is 2.60. The highest BCUT2D eigenvalue weighted by atomic mass is 35.5. The summed E-state index contributed by atoms with van der Waals surface area (Å²) in [5.41, 5.74) is 2.36. The minimum Gasteiger partial charge on any atom is -0.395 e. The number of hydrogen-bond acceptors (Lipinski definition) is 5. The van der Waals surface area contributed by atoms with Gasteiger partial charge in [0.05, 0.1) is 28.0 Å². The number of aromatic nitrogens is 2. The molecule has 3 rings (SSSR count). The highest BCUT2D eigenvalue weighted by Crippen LogP contribution is 2.32. The summed E-state index contributed by atoms with van der Waals surface area (Å²) in [7, 11) is 0. The van der Waals surface area contributed by atoms with Gasteiger partial charge in [-0.3, -0.25) is 0 Å². The Morgan fingerprint density at radius 1 is 0.960 bits per heavy atom. The highest BCUT2D eigenvalue weighted by Gasteiger charge is 2.09. The second-order valence-electron chi connectivity index (χ2n) is 5.20. The summed E-state index contributed by atoms with van der Waals surface area (Å²) in [6.45, 7) is 0.345. The molecule has 2 aromatic carbocycles. The number of nitrogens with one attached hydrogen (secondary N) is 2. The highest BCUT2D eigenvalue weighted by molar-refractivity contribution is 6.43. The molecule has 7 heteroatoms. The van der Waals surface area contributed by atoms with E-state index in [4.69, 9.17) is 28.3 Å². The Hall–Kier alpha value is -2.34. The van der Waals surface area contributed by atoms with Crippen molar-refractivity contribution < 1.29 is 5.11 Å². The predicted molar refractivity (Wildman–Crippen MR) is 103 cm³/mol. The minimum atomic E-state index is -0.0121. The quantitative estimate of drug-likeness (QED) is 0.588. The first-order valence-corrected chi connectivity index (χ1v) is 8.43. The van der Waals surface area contributed by atoms with E-state index >= 15 is 0 Å². The Morgan fingerprint density at radius 2 is 1.76 bits per heavy atom. The Bertz CT molecular complexity index is 859. The van der Waals surface area contributed by atoms with Crippen LogP contribution in [0.15, 0.2) is 54.6 Å². The summed E-state index contributed by atoms with van der Waals surface area (Å²) in [6.07, 6.45) is 0. The fraction of sp³-hybridized carbons (Fsp3) is 0.111. The van der Waals surface area contributed by atoms with Crippen LogP contribution < -0.4 is 10.6 Å². The van der Waals surface area contributed by atoms with Gasteiger partial charge in [0.15, 0.2) is 0 Å². The second-order valence-corrected chi connectivity index (χ2v) is 5.99. The number of nitrogens with zero attached hydrogens (tertiary/aromatic N) is 2. The zero-order valence-corrected chi connectivity index (χ0v) is 14.7. The van der Waals surface area contributed by atoms with E-state index in [1.54, 1.807) is 12.1 Å². The molecule has 1 heterocycles. The number of benzene rings is 2. The Balaban J connectivity index is 1.98. The zero-order chi connectivity index (χ0) is 17.6. The summed E-state index contributed by atoms with van der Waals surface area (Å²) < 4.78 is 0. The van der Waals surface area contributed by atoms with Crippen LogP contribution in [0.1, 0.15) is 0 Å². The van der Waals surface area contributed by atoms with E-state index in [9.17, 15) is 0 Å². The van der Waals surface area contributed by atoms with Crippen LogP contribution >= 0.6 is 23.2 Å². The van der Waals surface area contributed by atoms with Gasteiger partial charge in [-0.1, -0.05) is 59.6 Å². The third-order valence-corrected chi connectivity index (χ3v) is 4.22. The van der Waals surface area contributed by atoms with Gasteiger partial charge in [0.2, 0.25) is 5.95 Å². The number of hydrogen-bond donors (Lipinski definition) is 3. The standard InChI is InChI=1S/C18H16Cl2N4O/c19-13-7-4-8-14(17(13)20)22-16-11-15(12-5-2-1-3-6-12)23-18(24-16)21-9-10-25/h1-8,11,25H,9-10H2,(H2,21,22,23,24). The fourth-order valence-electron chi connectivity index (χ4n) is 2.25. The molecule has 0 saturated heterocycles. The van der Waals surface area contributed by atoms with Crippen LogP contribution in [0.25, 0.3) is 11.3 Å². The van der Waals surface area contributed by atoms with Crippen molar-refractivity contribution in [1.29, 1.82) is 0 Å². The number of aliphatic hydroxyl groups is 1. The Morgan fingerprint density at radius 3 is 2.52 bits per heavy atom. The van der Waals surface area contributed by atoms with E-state index in [0.29, 0.717) is 34.0 Å². The van der Waals surface area contributed by atoms with Crippen molar-refractivity contribution in [2.75, 3.05) is 23.8 Å². The average Bonchev–Trinajstić information content (AvgIpc) is 2.64. The van der Waals surface area contributed by atoms with Gasteiger partial charge in [-0.15, -0.1) is 0 Å². The maximum absolute atomic E-state index is 9.02. The molecule has 128 valence electrons. The molecule has 3 N–H and O–H groups in total. The lowest BCUT2D eigenvalue weighted by atomic mass is 10.1. The summed E-state index contributed by atoms with van der Waals surface area (Å²) in [5.74, 6) is 0.981. The van der Waals surface area contributed by atoms with Crippen LogP contribution in [0.3, 0.4) is 0 Å². The van der Waals surface area contributed by atoms with Gasteiger partial charge in [0, 0.05) is 18.2 Å². The summed E-state index contributed by atoms with van der Waals surface area (Å²) >= 11 is 12.3. The molecule has 0 aliphatic carbocycles. The molecule has 1 aromatic heterocycles. The second kappa shape index (κ2) is 8.16. The van der Waals surface area contributed by atoms with Crippen molar-refractivity contribution in [2.45, 2.75) is 0 Å². The SMILES string of the molecule is OCCNc1nc(Nc2cccc(Cl)c2Cl)cc(-c2ccccc2)n1. The normalized spacial score (nSPS) is 10.5. The van der Waals surface area contributed by atoms with Crippen molar-refractivity contribution >= 4 is 40.7 Å². The Kier molecular flexibility index (Phi) is 5.71. The average molecular weight is 375 g/mol. The van der Waals surface area contributed by atoms with Gasteiger partial charge in [-0.05, 0) is 12.1 Å². The summed E-state index contributed by atoms with van der Waals surface area (Å²) in [4.78, 5) is 8.91. The van der Waals surface area contributed by atoms with E-state index < -0.39 is 0 Å². The lowest BCUT2D eigenvalue weighted by molar-refractivity contribution is 0.311. The molecule has 0 spiro atoms. The van der Waals surface area contributed by atoms with Crippen LogP contribution in [0.4, 0.5) is 17.5 Å². The van der Waals surface area contributed by atoms with E-state index in [1.165, 1.54) is 0 Å². The van der Waals surface area contributed by atoms with Crippen molar-refractivity contribution in [3.05, 3.63) is 64.6 Å². The third kappa shape index (κ3) is 4.39. The van der Waals surface area contributed by atoms with Crippen molar-refractivity contribution in [2.24, 2.45) is 0 Å². The Labute approximate surface area is 155 Å². The molecular weight excluding hydrogens is 359 g/mol. The number of rotatable bonds is 6. The predicted octanol–water partition coefficient (Wildman–Crippen LogP) is 4.60. The number of aliphatic hydroxyl groups excluding tert-OH is 1. The largest absolute Gasteiger partial charge is 0.395 e. The number of anilines is 3. The zero-order valence-electron chi connectivity index (χ0n) is 13.2. The molecule has 25 heavy (non-hydrogen) atoms. The van der Waals surface area contributed by atoms with Gasteiger partial charge in [-0.2, -0.15) is 4.98 Å². The van der Waals surface area contributed by atoms with Crippen molar-refractivity contribution in [3.63, 3.8) is 0 Å². The molecule has 0 bridgehead atoms. The molecule has 0 aliphatic rings. The minimum absolute atomic E-state index is 0.0121. The van der Waals surface area contributed by atoms with Crippen molar-refractivity contribution in [1.82, 2.24) is 9.97 Å². The monoisotopic (exact) mass is 374 g/mol. The maximum atomic E-state index is 9.02. The van der Waals surface area contributed by atoms with Gasteiger partial charge < -0.3 is 15.7 Å². The lowest BCUT2D eigenvalue weighted by Gasteiger charge is -2.12. The third-order valence-electron chi connectivity index (χ3n) is 3.40. The van der Waals surface area contributed by atoms with Crippen molar-refractivity contribution in [3.8, 4) is 11.3 Å². The van der Waals surface area contributed by atoms with E-state index in [1.807, 2.05) is 42.5 Å². The molecule has 5 nitrogen and oxygen atoms in total.